The molecule has 2 fully saturated rings. The van der Waals surface area contributed by atoms with Crippen LogP contribution in [-0.2, 0) is 22.8 Å². The van der Waals surface area contributed by atoms with Gasteiger partial charge >= 0.3 is 0 Å². The number of nitrogens with zero attached hydrogens (tertiary/aromatic N) is 4. The fourth-order valence-corrected chi connectivity index (χ4v) is 6.77. The second-order valence-electron chi connectivity index (χ2n) is 8.21. The molecule has 2 aliphatic heterocycles. The van der Waals surface area contributed by atoms with Gasteiger partial charge in [0, 0.05) is 31.6 Å². The van der Waals surface area contributed by atoms with Crippen LogP contribution in [0, 0.1) is 11.8 Å². The van der Waals surface area contributed by atoms with E-state index in [2.05, 4.69) is 18.9 Å². The molecule has 3 heterocycles. The minimum Gasteiger partial charge on any atom is -0.336 e. The van der Waals surface area contributed by atoms with Crippen molar-refractivity contribution in [2.75, 3.05) is 32.9 Å². The SMILES string of the molecule is CCn1nc(CC(C)C)cc1C(=O)N1C[C@H]2[C@H](N(C)C)CS(=O)(=O)[C@H]2C1. The van der Waals surface area contributed by atoms with E-state index < -0.39 is 15.1 Å². The zero-order valence-corrected chi connectivity index (χ0v) is 17.2. The van der Waals surface area contributed by atoms with E-state index >= 15 is 0 Å². The number of aromatic nitrogens is 2. The summed E-state index contributed by atoms with van der Waals surface area (Å²) in [6.07, 6.45) is 0.829. The number of likely N-dealkylation sites (tertiary alicyclic amines) is 1. The third-order valence-corrected chi connectivity index (χ3v) is 7.81. The van der Waals surface area contributed by atoms with Crippen LogP contribution in [0.5, 0.6) is 0 Å². The predicted molar refractivity (Wildman–Crippen MR) is 101 cm³/mol. The highest BCUT2D eigenvalue weighted by atomic mass is 32.2. The van der Waals surface area contributed by atoms with Gasteiger partial charge in [0.05, 0.1) is 16.7 Å². The molecule has 0 aromatic carbocycles. The van der Waals surface area contributed by atoms with Crippen molar-refractivity contribution in [3.63, 3.8) is 0 Å². The normalized spacial score (nSPS) is 27.5. The summed E-state index contributed by atoms with van der Waals surface area (Å²) in [7, 11) is 0.677. The molecule has 146 valence electrons. The quantitative estimate of drug-likeness (QED) is 0.756. The van der Waals surface area contributed by atoms with Crippen LogP contribution in [-0.4, -0.2) is 78.1 Å². The van der Waals surface area contributed by atoms with Crippen LogP contribution in [0.3, 0.4) is 0 Å². The molecule has 0 saturated carbocycles. The molecular weight excluding hydrogens is 352 g/mol. The smallest absolute Gasteiger partial charge is 0.272 e. The Morgan fingerprint density at radius 3 is 2.62 bits per heavy atom. The van der Waals surface area contributed by atoms with E-state index in [1.807, 2.05) is 32.0 Å². The number of rotatable bonds is 5. The molecule has 8 heteroatoms. The fraction of sp³-hybridized carbons (Fsp3) is 0.778. The molecule has 2 saturated heterocycles. The van der Waals surface area contributed by atoms with Crippen molar-refractivity contribution in [1.82, 2.24) is 19.6 Å². The van der Waals surface area contributed by atoms with Crippen LogP contribution in [0.1, 0.15) is 37.0 Å². The summed E-state index contributed by atoms with van der Waals surface area (Å²) in [5, 5.41) is 4.11. The summed E-state index contributed by atoms with van der Waals surface area (Å²) in [6, 6.07) is 1.85. The lowest BCUT2D eigenvalue weighted by atomic mass is 10.00. The minimum absolute atomic E-state index is 0.00733. The maximum absolute atomic E-state index is 13.1. The Bertz CT molecular complexity index is 784. The van der Waals surface area contributed by atoms with Crippen LogP contribution in [0.25, 0.3) is 0 Å². The predicted octanol–water partition coefficient (Wildman–Crippen LogP) is 0.901. The number of amides is 1. The zero-order valence-electron chi connectivity index (χ0n) is 16.3. The zero-order chi connectivity index (χ0) is 19.2. The molecule has 0 N–H and O–H groups in total. The van der Waals surface area contributed by atoms with Gasteiger partial charge in [0.1, 0.15) is 5.69 Å². The lowest BCUT2D eigenvalue weighted by Crippen LogP contribution is -2.39. The van der Waals surface area contributed by atoms with Crippen molar-refractivity contribution >= 4 is 15.7 Å². The Morgan fingerprint density at radius 1 is 1.35 bits per heavy atom. The summed E-state index contributed by atoms with van der Waals surface area (Å²) in [4.78, 5) is 16.8. The van der Waals surface area contributed by atoms with Gasteiger partial charge < -0.3 is 9.80 Å². The van der Waals surface area contributed by atoms with Crippen LogP contribution in [0.15, 0.2) is 6.07 Å². The molecule has 1 aromatic heterocycles. The van der Waals surface area contributed by atoms with Crippen molar-refractivity contribution < 1.29 is 13.2 Å². The van der Waals surface area contributed by atoms with Crippen LogP contribution < -0.4 is 0 Å². The van der Waals surface area contributed by atoms with E-state index in [9.17, 15) is 13.2 Å². The largest absolute Gasteiger partial charge is 0.336 e. The van der Waals surface area contributed by atoms with Gasteiger partial charge in [0.15, 0.2) is 9.84 Å². The van der Waals surface area contributed by atoms with Crippen molar-refractivity contribution in [3.8, 4) is 0 Å². The third kappa shape index (κ3) is 3.41. The van der Waals surface area contributed by atoms with Gasteiger partial charge in [-0.3, -0.25) is 9.48 Å². The highest BCUT2D eigenvalue weighted by Crippen LogP contribution is 2.36. The molecule has 2 aliphatic rings. The topological polar surface area (TPSA) is 75.5 Å². The van der Waals surface area contributed by atoms with Crippen LogP contribution in [0.2, 0.25) is 0 Å². The maximum Gasteiger partial charge on any atom is 0.272 e. The standard InChI is InChI=1S/C18H30N4O3S/c1-6-22-15(8-13(19-22)7-12(2)3)18(23)21-9-14-16(20(4)5)11-26(24,25)17(14)10-21/h8,12,14,16-17H,6-7,9-11H2,1-5H3/t14-,16+,17-/m0/s1. The molecule has 1 aromatic rings. The molecule has 3 atom stereocenters. The van der Waals surface area contributed by atoms with Gasteiger partial charge in [0.2, 0.25) is 0 Å². The molecule has 0 unspecified atom stereocenters. The number of carbonyl (C=O) groups excluding carboxylic acids is 1. The average Bonchev–Trinajstić information content (AvgIpc) is 3.20. The first-order chi connectivity index (χ1) is 12.1. The van der Waals surface area contributed by atoms with Crippen LogP contribution >= 0.6 is 0 Å². The Morgan fingerprint density at radius 2 is 2.04 bits per heavy atom. The first-order valence-corrected chi connectivity index (χ1v) is 11.1. The molecule has 0 radical (unpaired) electrons. The van der Waals surface area contributed by atoms with Gasteiger partial charge in [-0.25, -0.2) is 8.42 Å². The first kappa shape index (κ1) is 19.4. The van der Waals surface area contributed by atoms with Gasteiger partial charge in [-0.05, 0) is 39.4 Å². The number of sulfone groups is 1. The van der Waals surface area contributed by atoms with Gasteiger partial charge in [-0.1, -0.05) is 13.8 Å². The third-order valence-electron chi connectivity index (χ3n) is 5.58. The van der Waals surface area contributed by atoms with E-state index in [4.69, 9.17) is 0 Å². The summed E-state index contributed by atoms with van der Waals surface area (Å²) in [5.74, 6) is 0.557. The minimum atomic E-state index is -3.15. The second-order valence-corrected chi connectivity index (χ2v) is 10.5. The number of fused-ring (bicyclic) bond motifs is 1. The van der Waals surface area contributed by atoms with Gasteiger partial charge in [-0.2, -0.15) is 5.10 Å². The number of carbonyl (C=O) groups is 1. The van der Waals surface area contributed by atoms with E-state index in [0.29, 0.717) is 31.2 Å². The average molecular weight is 383 g/mol. The number of hydrogen-bond donors (Lipinski definition) is 0. The van der Waals surface area contributed by atoms with Crippen molar-refractivity contribution in [2.24, 2.45) is 11.8 Å². The first-order valence-electron chi connectivity index (χ1n) is 9.38. The van der Waals surface area contributed by atoms with Crippen molar-refractivity contribution in [1.29, 1.82) is 0 Å². The lowest BCUT2D eigenvalue weighted by Gasteiger charge is -2.25. The van der Waals surface area contributed by atoms with E-state index in [-0.39, 0.29) is 23.6 Å². The van der Waals surface area contributed by atoms with Gasteiger partial charge in [0.25, 0.3) is 5.91 Å². The fourth-order valence-electron chi connectivity index (χ4n) is 4.29. The van der Waals surface area contributed by atoms with E-state index in [1.54, 1.807) is 9.58 Å². The highest BCUT2D eigenvalue weighted by Gasteiger charge is 2.53. The molecule has 7 nitrogen and oxygen atoms in total. The highest BCUT2D eigenvalue weighted by molar-refractivity contribution is 7.92. The lowest BCUT2D eigenvalue weighted by molar-refractivity contribution is 0.0767. The van der Waals surface area contributed by atoms with E-state index in [0.717, 1.165) is 12.1 Å². The number of aryl methyl sites for hydroxylation is 1. The van der Waals surface area contributed by atoms with Crippen molar-refractivity contribution in [3.05, 3.63) is 17.5 Å². The summed E-state index contributed by atoms with van der Waals surface area (Å²) >= 11 is 0. The Balaban J connectivity index is 1.83. The Kier molecular flexibility index (Phi) is 5.18. The van der Waals surface area contributed by atoms with Crippen LogP contribution in [0.4, 0.5) is 0 Å². The monoisotopic (exact) mass is 382 g/mol. The second kappa shape index (κ2) is 6.96. The molecular formula is C18H30N4O3S. The molecule has 0 bridgehead atoms. The summed E-state index contributed by atoms with van der Waals surface area (Å²) in [6.45, 7) is 7.64. The van der Waals surface area contributed by atoms with E-state index in [1.165, 1.54) is 0 Å². The molecule has 26 heavy (non-hydrogen) atoms. The summed E-state index contributed by atoms with van der Waals surface area (Å²) in [5.41, 5.74) is 1.49. The molecule has 3 rings (SSSR count). The number of hydrogen-bond acceptors (Lipinski definition) is 5. The van der Waals surface area contributed by atoms with Crippen molar-refractivity contribution in [2.45, 2.75) is 45.0 Å². The Hall–Kier alpha value is -1.41. The van der Waals surface area contributed by atoms with Gasteiger partial charge in [-0.15, -0.1) is 0 Å². The molecule has 1 amide bonds. The Labute approximate surface area is 156 Å². The molecule has 0 aliphatic carbocycles. The molecule has 0 spiro atoms. The summed E-state index contributed by atoms with van der Waals surface area (Å²) < 4.78 is 26.8. The maximum atomic E-state index is 13.1.